The molecule has 0 aliphatic carbocycles. The van der Waals surface area contributed by atoms with Crippen LogP contribution < -0.4 is 0 Å². The van der Waals surface area contributed by atoms with Gasteiger partial charge in [-0.3, -0.25) is 8.42 Å². The monoisotopic (exact) mass is 394 g/mol. The van der Waals surface area contributed by atoms with Crippen LogP contribution in [-0.2, 0) is 21.6 Å². The molecule has 0 aliphatic heterocycles. The van der Waals surface area contributed by atoms with Crippen LogP contribution in [0.4, 0.5) is 0 Å². The van der Waals surface area contributed by atoms with Crippen molar-refractivity contribution in [2.75, 3.05) is 5.75 Å². The van der Waals surface area contributed by atoms with Crippen LogP contribution in [0.5, 0.6) is 0 Å². The Labute approximate surface area is 160 Å². The molecule has 0 aliphatic rings. The van der Waals surface area contributed by atoms with Crippen molar-refractivity contribution in [1.82, 2.24) is 0 Å². The molecule has 0 aromatic heterocycles. The summed E-state index contributed by atoms with van der Waals surface area (Å²) in [6, 6.07) is 14.7. The number of rotatable bonds is 8. The van der Waals surface area contributed by atoms with Gasteiger partial charge in [0.25, 0.3) is 0 Å². The van der Waals surface area contributed by atoms with E-state index in [1.54, 1.807) is 31.2 Å². The molecule has 0 heterocycles. The standard InChI is InChI=1S/C20H26O4S2/c1-14-4-8-18(9-5-14)25(23)13-17(21)12-20(22)16(3)26(24)19-10-6-15(2)7-11-19/h4-11,16-17,20-22H,12-13H2,1-3H3/t16-,17+,20-,25?,26?/m1/s1. The molecule has 2 aromatic carbocycles. The fraction of sp³-hybridized carbons (Fsp3) is 0.400. The second kappa shape index (κ2) is 9.55. The Balaban J connectivity index is 1.91. The van der Waals surface area contributed by atoms with Crippen LogP contribution in [0.3, 0.4) is 0 Å². The van der Waals surface area contributed by atoms with Crippen LogP contribution in [-0.4, -0.2) is 41.8 Å². The van der Waals surface area contributed by atoms with Gasteiger partial charge in [-0.1, -0.05) is 35.4 Å². The smallest absolute Gasteiger partial charge is 0.0709 e. The molecular formula is C20H26O4S2. The normalized spacial score (nSPS) is 17.3. The third-order valence-corrected chi connectivity index (χ3v) is 7.49. The van der Waals surface area contributed by atoms with E-state index in [0.717, 1.165) is 11.1 Å². The third kappa shape index (κ3) is 5.84. The highest BCUT2D eigenvalue weighted by atomic mass is 32.2. The van der Waals surface area contributed by atoms with E-state index in [-0.39, 0.29) is 12.2 Å². The van der Waals surface area contributed by atoms with Crippen molar-refractivity contribution in [3.05, 3.63) is 59.7 Å². The molecule has 0 bridgehead atoms. The van der Waals surface area contributed by atoms with E-state index in [2.05, 4.69) is 0 Å². The lowest BCUT2D eigenvalue weighted by atomic mass is 10.1. The van der Waals surface area contributed by atoms with E-state index in [1.165, 1.54) is 0 Å². The molecular weight excluding hydrogens is 368 g/mol. The Morgan fingerprint density at radius 2 is 1.31 bits per heavy atom. The Morgan fingerprint density at radius 3 is 1.81 bits per heavy atom. The summed E-state index contributed by atoms with van der Waals surface area (Å²) in [4.78, 5) is 1.31. The first-order valence-electron chi connectivity index (χ1n) is 8.56. The minimum Gasteiger partial charge on any atom is -0.392 e. The van der Waals surface area contributed by atoms with Crippen molar-refractivity contribution in [1.29, 1.82) is 0 Å². The quantitative estimate of drug-likeness (QED) is 0.722. The largest absolute Gasteiger partial charge is 0.392 e. The molecule has 0 saturated carbocycles. The van der Waals surface area contributed by atoms with Gasteiger partial charge in [-0.15, -0.1) is 0 Å². The van der Waals surface area contributed by atoms with Crippen LogP contribution in [0.15, 0.2) is 58.3 Å². The van der Waals surface area contributed by atoms with Crippen LogP contribution >= 0.6 is 0 Å². The summed E-state index contributed by atoms with van der Waals surface area (Å²) in [6.45, 7) is 5.60. The Bertz CT molecular complexity index is 756. The minimum absolute atomic E-state index is 0.0381. The molecule has 0 fully saturated rings. The molecule has 0 radical (unpaired) electrons. The summed E-state index contributed by atoms with van der Waals surface area (Å²) in [7, 11) is -2.71. The van der Waals surface area contributed by atoms with Crippen molar-refractivity contribution >= 4 is 21.6 Å². The maximum absolute atomic E-state index is 12.6. The Hall–Kier alpha value is -1.34. The number of aryl methyl sites for hydroxylation is 2. The molecule has 2 rings (SSSR count). The number of aliphatic hydroxyl groups excluding tert-OH is 2. The molecule has 0 amide bonds. The molecule has 142 valence electrons. The lowest BCUT2D eigenvalue weighted by Crippen LogP contribution is -2.33. The fourth-order valence-corrected chi connectivity index (χ4v) is 4.88. The molecule has 2 aromatic rings. The van der Waals surface area contributed by atoms with Crippen LogP contribution in [0, 0.1) is 13.8 Å². The average Bonchev–Trinajstić information content (AvgIpc) is 2.61. The van der Waals surface area contributed by atoms with Crippen molar-refractivity contribution in [3.8, 4) is 0 Å². The third-order valence-electron chi connectivity index (χ3n) is 4.27. The van der Waals surface area contributed by atoms with Gasteiger partial charge in [0.2, 0.25) is 0 Å². The first-order valence-corrected chi connectivity index (χ1v) is 11.1. The highest BCUT2D eigenvalue weighted by Gasteiger charge is 2.25. The van der Waals surface area contributed by atoms with Gasteiger partial charge in [0, 0.05) is 16.2 Å². The summed E-state index contributed by atoms with van der Waals surface area (Å²) >= 11 is 0. The second-order valence-corrected chi connectivity index (χ2v) is 9.90. The Kier molecular flexibility index (Phi) is 7.70. The van der Waals surface area contributed by atoms with E-state index in [1.807, 2.05) is 38.1 Å². The summed E-state index contributed by atoms with van der Waals surface area (Å²) in [5.74, 6) is 0.0456. The van der Waals surface area contributed by atoms with Crippen molar-refractivity contribution < 1.29 is 18.6 Å². The van der Waals surface area contributed by atoms with E-state index >= 15 is 0 Å². The molecule has 6 heteroatoms. The van der Waals surface area contributed by atoms with Gasteiger partial charge in [-0.05, 0) is 45.0 Å². The summed E-state index contributed by atoms with van der Waals surface area (Å²) in [5, 5.41) is 20.0. The summed E-state index contributed by atoms with van der Waals surface area (Å²) in [5.41, 5.74) is 2.15. The van der Waals surface area contributed by atoms with Crippen molar-refractivity contribution in [2.45, 2.75) is 54.4 Å². The van der Waals surface area contributed by atoms with Gasteiger partial charge in [-0.2, -0.15) is 0 Å². The highest BCUT2D eigenvalue weighted by Crippen LogP contribution is 2.18. The molecule has 4 nitrogen and oxygen atoms in total. The predicted octanol–water partition coefficient (Wildman–Crippen LogP) is 2.72. The molecule has 2 unspecified atom stereocenters. The van der Waals surface area contributed by atoms with Crippen LogP contribution in [0.25, 0.3) is 0 Å². The van der Waals surface area contributed by atoms with Gasteiger partial charge in [0.15, 0.2) is 0 Å². The molecule has 0 saturated heterocycles. The van der Waals surface area contributed by atoms with E-state index < -0.39 is 39.1 Å². The van der Waals surface area contributed by atoms with Crippen molar-refractivity contribution in [2.24, 2.45) is 0 Å². The molecule has 0 spiro atoms. The van der Waals surface area contributed by atoms with E-state index in [4.69, 9.17) is 0 Å². The number of benzene rings is 2. The zero-order chi connectivity index (χ0) is 19.3. The van der Waals surface area contributed by atoms with Crippen LogP contribution in [0.1, 0.15) is 24.5 Å². The number of aliphatic hydroxyl groups is 2. The SMILES string of the molecule is Cc1ccc(S(=O)C[C@@H](O)C[C@@H](O)[C@@H](C)S(=O)c2ccc(C)cc2)cc1. The van der Waals surface area contributed by atoms with Gasteiger partial charge in [0.05, 0.1) is 44.8 Å². The average molecular weight is 395 g/mol. The lowest BCUT2D eigenvalue weighted by molar-refractivity contribution is 0.0927. The fourth-order valence-electron chi connectivity index (χ4n) is 2.53. The first kappa shape index (κ1) is 21.0. The van der Waals surface area contributed by atoms with E-state index in [0.29, 0.717) is 9.79 Å². The zero-order valence-electron chi connectivity index (χ0n) is 15.3. The van der Waals surface area contributed by atoms with Gasteiger partial charge in [0.1, 0.15) is 0 Å². The van der Waals surface area contributed by atoms with Crippen molar-refractivity contribution in [3.63, 3.8) is 0 Å². The maximum atomic E-state index is 12.6. The molecule has 26 heavy (non-hydrogen) atoms. The van der Waals surface area contributed by atoms with Gasteiger partial charge >= 0.3 is 0 Å². The molecule has 2 N–H and O–H groups in total. The second-order valence-electron chi connectivity index (χ2n) is 6.60. The van der Waals surface area contributed by atoms with E-state index in [9.17, 15) is 18.6 Å². The minimum atomic E-state index is -1.37. The van der Waals surface area contributed by atoms with Gasteiger partial charge in [-0.25, -0.2) is 0 Å². The van der Waals surface area contributed by atoms with Crippen LogP contribution in [0.2, 0.25) is 0 Å². The maximum Gasteiger partial charge on any atom is 0.0709 e. The highest BCUT2D eigenvalue weighted by molar-refractivity contribution is 7.85. The molecule has 5 atom stereocenters. The number of hydrogen-bond acceptors (Lipinski definition) is 4. The lowest BCUT2D eigenvalue weighted by Gasteiger charge is -2.21. The van der Waals surface area contributed by atoms with Gasteiger partial charge < -0.3 is 10.2 Å². The topological polar surface area (TPSA) is 74.6 Å². The first-order chi connectivity index (χ1) is 12.3. The summed E-state index contributed by atoms with van der Waals surface area (Å²) < 4.78 is 24.9. The Morgan fingerprint density at radius 1 is 0.846 bits per heavy atom. The predicted molar refractivity (Wildman–Crippen MR) is 106 cm³/mol. The number of hydrogen-bond donors (Lipinski definition) is 2. The summed E-state index contributed by atoms with van der Waals surface area (Å²) in [6.07, 6.45) is -1.83. The zero-order valence-corrected chi connectivity index (χ0v) is 16.9.